The summed E-state index contributed by atoms with van der Waals surface area (Å²) >= 11 is 0. The first kappa shape index (κ1) is 18.8. The van der Waals surface area contributed by atoms with Crippen molar-refractivity contribution in [3.05, 3.63) is 92.0 Å². The lowest BCUT2D eigenvalue weighted by atomic mass is 10.1. The Kier molecular flexibility index (Phi) is 4.84. The summed E-state index contributed by atoms with van der Waals surface area (Å²) in [5.41, 5.74) is 0.159. The zero-order valence-electron chi connectivity index (χ0n) is 15.8. The van der Waals surface area contributed by atoms with Gasteiger partial charge < -0.3 is 5.32 Å². The van der Waals surface area contributed by atoms with Gasteiger partial charge in [-0.15, -0.1) is 0 Å². The van der Waals surface area contributed by atoms with E-state index in [1.165, 1.54) is 24.3 Å². The predicted octanol–water partition coefficient (Wildman–Crippen LogP) is 1.78. The van der Waals surface area contributed by atoms with E-state index >= 15 is 0 Å². The minimum absolute atomic E-state index is 0.00717. The Morgan fingerprint density at radius 2 is 1.90 bits per heavy atom. The first-order chi connectivity index (χ1) is 13.9. The van der Waals surface area contributed by atoms with Crippen molar-refractivity contribution >= 4 is 5.91 Å². The Labute approximate surface area is 165 Å². The number of carbonyl (C=O) groups is 1. The van der Waals surface area contributed by atoms with Crippen LogP contribution in [0.4, 0.5) is 4.39 Å². The zero-order valence-corrected chi connectivity index (χ0v) is 15.8. The molecule has 0 aliphatic heterocycles. The summed E-state index contributed by atoms with van der Waals surface area (Å²) in [6.45, 7) is 1.90. The number of nitrogens with one attached hydrogen (secondary N) is 1. The summed E-state index contributed by atoms with van der Waals surface area (Å²) in [6, 6.07) is 12.5. The first-order valence-corrected chi connectivity index (χ1v) is 9.29. The third-order valence-corrected chi connectivity index (χ3v) is 4.68. The molecule has 0 radical (unpaired) electrons. The van der Waals surface area contributed by atoms with Gasteiger partial charge in [0.15, 0.2) is 0 Å². The lowest BCUT2D eigenvalue weighted by molar-refractivity contribution is 0.0941. The smallest absolute Gasteiger partial charge is 0.348 e. The van der Waals surface area contributed by atoms with Crippen molar-refractivity contribution < 1.29 is 9.18 Å². The molecule has 0 atom stereocenters. The zero-order chi connectivity index (χ0) is 20.5. The van der Waals surface area contributed by atoms with Crippen LogP contribution in [0, 0.1) is 12.7 Å². The molecule has 1 aliphatic rings. The van der Waals surface area contributed by atoms with Crippen LogP contribution in [0.3, 0.4) is 0 Å². The molecule has 0 spiro atoms. The number of halogens is 1. The lowest BCUT2D eigenvalue weighted by Crippen LogP contribution is -2.46. The largest absolute Gasteiger partial charge is 0.352 e. The number of carbonyl (C=O) groups excluding carboxylic acids is 1. The molecule has 2 aromatic carbocycles. The number of nitrogens with zero attached hydrogens (tertiary/aromatic N) is 3. The summed E-state index contributed by atoms with van der Waals surface area (Å²) in [5, 5.41) is 6.74. The van der Waals surface area contributed by atoms with Crippen LogP contribution in [-0.4, -0.2) is 26.3 Å². The van der Waals surface area contributed by atoms with Crippen LogP contribution in [0.25, 0.3) is 5.69 Å². The molecule has 29 heavy (non-hydrogen) atoms. The van der Waals surface area contributed by atoms with E-state index in [9.17, 15) is 18.8 Å². The second-order valence-corrected chi connectivity index (χ2v) is 7.15. The average Bonchev–Trinajstić information content (AvgIpc) is 3.50. The average molecular weight is 394 g/mol. The van der Waals surface area contributed by atoms with Crippen LogP contribution in [0.5, 0.6) is 0 Å². The van der Waals surface area contributed by atoms with Crippen molar-refractivity contribution in [2.75, 3.05) is 0 Å². The van der Waals surface area contributed by atoms with E-state index in [0.29, 0.717) is 0 Å². The third-order valence-electron chi connectivity index (χ3n) is 4.68. The molecule has 1 aromatic heterocycles. The quantitative estimate of drug-likeness (QED) is 0.715. The molecule has 1 amide bonds. The van der Waals surface area contributed by atoms with Gasteiger partial charge in [-0.3, -0.25) is 14.2 Å². The van der Waals surface area contributed by atoms with E-state index in [1.54, 1.807) is 6.07 Å². The topological polar surface area (TPSA) is 86.0 Å². The van der Waals surface area contributed by atoms with E-state index in [4.69, 9.17) is 0 Å². The molecule has 8 heteroatoms. The Bertz CT molecular complexity index is 1190. The summed E-state index contributed by atoms with van der Waals surface area (Å²) < 4.78 is 15.2. The number of amides is 1. The summed E-state index contributed by atoms with van der Waals surface area (Å²) in [5.74, 6) is -1.09. The number of hydrogen-bond acceptors (Lipinski definition) is 4. The molecule has 1 saturated carbocycles. The molecule has 0 unspecified atom stereocenters. The number of rotatable bonds is 5. The minimum atomic E-state index is -0.756. The van der Waals surface area contributed by atoms with Gasteiger partial charge >= 0.3 is 5.69 Å². The monoisotopic (exact) mass is 394 g/mol. The van der Waals surface area contributed by atoms with Crippen LogP contribution >= 0.6 is 0 Å². The standard InChI is InChI=1S/C21H19FN4O3/c1-13-3-2-4-14(11-13)12-25-20(28)18(19(27)23-16-7-8-16)24-26(21(25)29)17-9-5-15(22)6-10-17/h2-6,9-11,16H,7-8,12H2,1H3,(H,23,27). The molecule has 0 saturated heterocycles. The van der Waals surface area contributed by atoms with Crippen LogP contribution in [0.2, 0.25) is 0 Å². The van der Waals surface area contributed by atoms with E-state index in [-0.39, 0.29) is 24.0 Å². The highest BCUT2D eigenvalue weighted by Gasteiger charge is 2.27. The van der Waals surface area contributed by atoms with Crippen molar-refractivity contribution in [2.45, 2.75) is 32.4 Å². The summed E-state index contributed by atoms with van der Waals surface area (Å²) in [4.78, 5) is 38.5. The highest BCUT2D eigenvalue weighted by molar-refractivity contribution is 5.92. The van der Waals surface area contributed by atoms with Crippen molar-refractivity contribution in [3.63, 3.8) is 0 Å². The molecule has 4 rings (SSSR count). The Morgan fingerprint density at radius 3 is 2.55 bits per heavy atom. The fourth-order valence-corrected chi connectivity index (χ4v) is 3.02. The number of aryl methyl sites for hydroxylation is 1. The number of aromatic nitrogens is 3. The molecule has 148 valence electrons. The van der Waals surface area contributed by atoms with Crippen LogP contribution in [0.15, 0.2) is 58.1 Å². The molecule has 1 fully saturated rings. The molecular weight excluding hydrogens is 375 g/mol. The Hall–Kier alpha value is -3.55. The van der Waals surface area contributed by atoms with Crippen LogP contribution in [-0.2, 0) is 6.54 Å². The van der Waals surface area contributed by atoms with Gasteiger partial charge in [-0.1, -0.05) is 29.8 Å². The maximum atomic E-state index is 13.3. The SMILES string of the molecule is Cc1cccc(Cn2c(=O)c(C(=O)NC3CC3)nn(-c3ccc(F)cc3)c2=O)c1. The molecule has 7 nitrogen and oxygen atoms in total. The summed E-state index contributed by atoms with van der Waals surface area (Å²) in [6.07, 6.45) is 1.70. The fraction of sp³-hybridized carbons (Fsp3) is 0.238. The van der Waals surface area contributed by atoms with Gasteiger partial charge in [-0.05, 0) is 49.6 Å². The van der Waals surface area contributed by atoms with E-state index < -0.39 is 23.0 Å². The lowest BCUT2D eigenvalue weighted by Gasteiger charge is -2.12. The summed E-state index contributed by atoms with van der Waals surface area (Å²) in [7, 11) is 0. The number of benzene rings is 2. The van der Waals surface area contributed by atoms with Gasteiger partial charge in [-0.25, -0.2) is 9.18 Å². The van der Waals surface area contributed by atoms with Crippen LogP contribution in [0.1, 0.15) is 34.5 Å². The molecule has 1 aliphatic carbocycles. The minimum Gasteiger partial charge on any atom is -0.348 e. The van der Waals surface area contributed by atoms with Crippen LogP contribution < -0.4 is 16.6 Å². The molecule has 1 heterocycles. The van der Waals surface area contributed by atoms with E-state index in [0.717, 1.165) is 33.2 Å². The fourth-order valence-electron chi connectivity index (χ4n) is 3.02. The van der Waals surface area contributed by atoms with Crippen molar-refractivity contribution in [1.29, 1.82) is 0 Å². The highest BCUT2D eigenvalue weighted by Crippen LogP contribution is 2.18. The third kappa shape index (κ3) is 4.01. The Balaban J connectivity index is 1.86. The second kappa shape index (κ2) is 7.46. The maximum absolute atomic E-state index is 13.3. The van der Waals surface area contributed by atoms with Gasteiger partial charge in [0.05, 0.1) is 12.2 Å². The van der Waals surface area contributed by atoms with E-state index in [1.807, 2.05) is 25.1 Å². The highest BCUT2D eigenvalue weighted by atomic mass is 19.1. The van der Waals surface area contributed by atoms with Gasteiger partial charge in [0, 0.05) is 6.04 Å². The van der Waals surface area contributed by atoms with Gasteiger partial charge in [0.1, 0.15) is 5.82 Å². The molecule has 1 N–H and O–H groups in total. The predicted molar refractivity (Wildman–Crippen MR) is 105 cm³/mol. The van der Waals surface area contributed by atoms with E-state index in [2.05, 4.69) is 10.4 Å². The first-order valence-electron chi connectivity index (χ1n) is 9.29. The van der Waals surface area contributed by atoms with Crippen molar-refractivity contribution in [1.82, 2.24) is 19.7 Å². The molecule has 3 aromatic rings. The van der Waals surface area contributed by atoms with Crippen molar-refractivity contribution in [3.8, 4) is 5.69 Å². The van der Waals surface area contributed by atoms with Crippen molar-refractivity contribution in [2.24, 2.45) is 0 Å². The van der Waals surface area contributed by atoms with Gasteiger partial charge in [0.2, 0.25) is 5.69 Å². The van der Waals surface area contributed by atoms with Gasteiger partial charge in [0.25, 0.3) is 11.5 Å². The number of hydrogen-bond donors (Lipinski definition) is 1. The molecular formula is C21H19FN4O3. The second-order valence-electron chi connectivity index (χ2n) is 7.15. The molecule has 0 bridgehead atoms. The van der Waals surface area contributed by atoms with Gasteiger partial charge in [-0.2, -0.15) is 9.78 Å². The maximum Gasteiger partial charge on any atom is 0.352 e. The normalized spacial score (nSPS) is 13.3. The Morgan fingerprint density at radius 1 is 1.17 bits per heavy atom.